The molecule has 1 saturated heterocycles. The molecule has 2 amide bonds. The number of benzene rings is 2. The van der Waals surface area contributed by atoms with Crippen molar-refractivity contribution in [3.8, 4) is 0 Å². The summed E-state index contributed by atoms with van der Waals surface area (Å²) in [6.07, 6.45) is 1.20. The molecule has 1 heterocycles. The average molecular weight is 459 g/mol. The third-order valence-corrected chi connectivity index (χ3v) is 6.85. The first-order chi connectivity index (χ1) is 15.8. The van der Waals surface area contributed by atoms with Crippen LogP contribution in [0.5, 0.6) is 0 Å². The van der Waals surface area contributed by atoms with Gasteiger partial charge in [-0.15, -0.1) is 0 Å². The summed E-state index contributed by atoms with van der Waals surface area (Å²) in [7, 11) is 0. The summed E-state index contributed by atoms with van der Waals surface area (Å²) in [6, 6.07) is 15.2. The predicted octanol–water partition coefficient (Wildman–Crippen LogP) is 5.40. The van der Waals surface area contributed by atoms with Crippen LogP contribution in [0.25, 0.3) is 0 Å². The third kappa shape index (κ3) is 5.57. The van der Waals surface area contributed by atoms with Crippen molar-refractivity contribution >= 4 is 11.8 Å². The summed E-state index contributed by atoms with van der Waals surface area (Å²) in [5.41, 5.74) is 3.01. The van der Waals surface area contributed by atoms with E-state index in [0.717, 1.165) is 11.1 Å². The fourth-order valence-electron chi connectivity index (χ4n) is 4.95. The number of carbonyl (C=O) groups is 2. The molecule has 33 heavy (non-hydrogen) atoms. The Labute approximate surface area is 192 Å². The van der Waals surface area contributed by atoms with Crippen molar-refractivity contribution < 1.29 is 22.8 Å². The first kappa shape index (κ1) is 23.3. The Morgan fingerprint density at radius 2 is 1.52 bits per heavy atom. The SMILES string of the molecule is O=C(NC(c1ccccc1)c1ccc(C2CCCCC2)cc1)C1CCC(C(F)(F)F)NC1=O. The fraction of sp³-hybridized carbons (Fsp3) is 0.462. The molecule has 0 bridgehead atoms. The van der Waals surface area contributed by atoms with E-state index in [2.05, 4.69) is 17.4 Å². The molecule has 1 aliphatic carbocycles. The van der Waals surface area contributed by atoms with Gasteiger partial charge in [-0.25, -0.2) is 0 Å². The van der Waals surface area contributed by atoms with E-state index in [-0.39, 0.29) is 12.8 Å². The number of nitrogens with one attached hydrogen (secondary N) is 2. The van der Waals surface area contributed by atoms with Gasteiger partial charge in [0.05, 0.1) is 6.04 Å². The van der Waals surface area contributed by atoms with Gasteiger partial charge in [0.25, 0.3) is 0 Å². The highest BCUT2D eigenvalue weighted by molar-refractivity contribution is 6.01. The number of carbonyl (C=O) groups excluding carboxylic acids is 2. The van der Waals surface area contributed by atoms with E-state index in [1.54, 1.807) is 0 Å². The van der Waals surface area contributed by atoms with Crippen molar-refractivity contribution in [3.63, 3.8) is 0 Å². The van der Waals surface area contributed by atoms with Crippen LogP contribution in [0.3, 0.4) is 0 Å². The van der Waals surface area contributed by atoms with Crippen LogP contribution in [0, 0.1) is 5.92 Å². The van der Waals surface area contributed by atoms with Crippen molar-refractivity contribution in [1.29, 1.82) is 0 Å². The lowest BCUT2D eigenvalue weighted by atomic mass is 9.83. The average Bonchev–Trinajstić information content (AvgIpc) is 2.83. The highest BCUT2D eigenvalue weighted by Crippen LogP contribution is 2.34. The maximum atomic E-state index is 13.0. The van der Waals surface area contributed by atoms with Crippen LogP contribution in [0.1, 0.15) is 73.6 Å². The molecule has 1 saturated carbocycles. The Balaban J connectivity index is 1.51. The highest BCUT2D eigenvalue weighted by atomic mass is 19.4. The minimum absolute atomic E-state index is 0.135. The monoisotopic (exact) mass is 458 g/mol. The minimum Gasteiger partial charge on any atom is -0.344 e. The van der Waals surface area contributed by atoms with Crippen LogP contribution in [0.15, 0.2) is 54.6 Å². The van der Waals surface area contributed by atoms with Crippen LogP contribution >= 0.6 is 0 Å². The van der Waals surface area contributed by atoms with Gasteiger partial charge in [-0.2, -0.15) is 13.2 Å². The molecule has 0 aromatic heterocycles. The molecule has 2 aromatic carbocycles. The summed E-state index contributed by atoms with van der Waals surface area (Å²) in [4.78, 5) is 25.3. The lowest BCUT2D eigenvalue weighted by Crippen LogP contribution is -2.54. The quantitative estimate of drug-likeness (QED) is 0.590. The minimum atomic E-state index is -4.51. The topological polar surface area (TPSA) is 58.2 Å². The third-order valence-electron chi connectivity index (χ3n) is 6.85. The van der Waals surface area contributed by atoms with Crippen LogP contribution in [-0.2, 0) is 9.59 Å². The highest BCUT2D eigenvalue weighted by Gasteiger charge is 2.46. The second kappa shape index (κ2) is 9.98. The number of piperidine rings is 1. The summed E-state index contributed by atoms with van der Waals surface area (Å²) in [5, 5.41) is 4.88. The van der Waals surface area contributed by atoms with Gasteiger partial charge in [-0.1, -0.05) is 73.9 Å². The van der Waals surface area contributed by atoms with Crippen molar-refractivity contribution in [2.24, 2.45) is 5.92 Å². The molecule has 3 atom stereocenters. The molecular weight excluding hydrogens is 429 g/mol. The van der Waals surface area contributed by atoms with E-state index >= 15 is 0 Å². The number of hydrogen-bond donors (Lipinski definition) is 2. The largest absolute Gasteiger partial charge is 0.408 e. The summed E-state index contributed by atoms with van der Waals surface area (Å²) >= 11 is 0. The molecule has 2 N–H and O–H groups in total. The van der Waals surface area contributed by atoms with Gasteiger partial charge >= 0.3 is 6.18 Å². The Kier molecular flexibility index (Phi) is 7.05. The zero-order chi connectivity index (χ0) is 23.4. The molecule has 0 spiro atoms. The number of alkyl halides is 3. The standard InChI is InChI=1S/C26H29F3N2O2/c27-26(28,29)22-16-15-21(24(32)30-22)25(33)31-23(19-9-5-2-6-10-19)20-13-11-18(12-14-20)17-7-3-1-4-8-17/h2,5-6,9-14,17,21-23H,1,3-4,7-8,15-16H2,(H,30,32)(H,31,33). The zero-order valence-electron chi connectivity index (χ0n) is 18.4. The zero-order valence-corrected chi connectivity index (χ0v) is 18.4. The summed E-state index contributed by atoms with van der Waals surface area (Å²) < 4.78 is 38.8. The van der Waals surface area contributed by atoms with Crippen LogP contribution in [0.4, 0.5) is 13.2 Å². The molecule has 2 aromatic rings. The Morgan fingerprint density at radius 1 is 0.879 bits per heavy atom. The summed E-state index contributed by atoms with van der Waals surface area (Å²) in [6.45, 7) is 0. The first-order valence-corrected chi connectivity index (χ1v) is 11.6. The Bertz CT molecular complexity index is 954. The van der Waals surface area contributed by atoms with E-state index in [9.17, 15) is 22.8 Å². The van der Waals surface area contributed by atoms with E-state index in [4.69, 9.17) is 0 Å². The van der Waals surface area contributed by atoms with E-state index in [0.29, 0.717) is 5.92 Å². The van der Waals surface area contributed by atoms with Gasteiger partial charge in [0, 0.05) is 0 Å². The molecule has 4 rings (SSSR count). The van der Waals surface area contributed by atoms with E-state index in [1.807, 2.05) is 47.8 Å². The molecule has 7 heteroatoms. The predicted molar refractivity (Wildman–Crippen MR) is 119 cm³/mol. The molecule has 0 radical (unpaired) electrons. The van der Waals surface area contributed by atoms with Crippen molar-refractivity contribution in [2.75, 3.05) is 0 Å². The fourth-order valence-corrected chi connectivity index (χ4v) is 4.95. The molecule has 2 fully saturated rings. The van der Waals surface area contributed by atoms with Crippen LogP contribution in [-0.4, -0.2) is 24.0 Å². The van der Waals surface area contributed by atoms with Crippen molar-refractivity contribution in [3.05, 3.63) is 71.3 Å². The molecule has 176 valence electrons. The van der Waals surface area contributed by atoms with E-state index < -0.39 is 36.0 Å². The van der Waals surface area contributed by atoms with Crippen LogP contribution in [0.2, 0.25) is 0 Å². The normalized spacial score (nSPS) is 22.9. The van der Waals surface area contributed by atoms with E-state index in [1.165, 1.54) is 37.7 Å². The summed E-state index contributed by atoms with van der Waals surface area (Å²) in [5.74, 6) is -2.01. The molecular formula is C26H29F3N2O2. The maximum Gasteiger partial charge on any atom is 0.408 e. The second-order valence-corrected chi connectivity index (χ2v) is 9.09. The van der Waals surface area contributed by atoms with Crippen molar-refractivity contribution in [1.82, 2.24) is 10.6 Å². The number of rotatable bonds is 5. The lowest BCUT2D eigenvalue weighted by molar-refractivity contribution is -0.171. The number of hydrogen-bond acceptors (Lipinski definition) is 2. The Morgan fingerprint density at radius 3 is 2.12 bits per heavy atom. The van der Waals surface area contributed by atoms with Gasteiger partial charge in [0.2, 0.25) is 11.8 Å². The lowest BCUT2D eigenvalue weighted by Gasteiger charge is -2.31. The van der Waals surface area contributed by atoms with Gasteiger partial charge in [0.1, 0.15) is 12.0 Å². The molecule has 4 nitrogen and oxygen atoms in total. The smallest absolute Gasteiger partial charge is 0.344 e. The van der Waals surface area contributed by atoms with Gasteiger partial charge in [0.15, 0.2) is 0 Å². The maximum absolute atomic E-state index is 13.0. The first-order valence-electron chi connectivity index (χ1n) is 11.6. The van der Waals surface area contributed by atoms with Gasteiger partial charge in [-0.3, -0.25) is 9.59 Å². The van der Waals surface area contributed by atoms with Gasteiger partial charge in [-0.05, 0) is 48.3 Å². The number of halogens is 3. The molecule has 3 unspecified atom stereocenters. The second-order valence-electron chi connectivity index (χ2n) is 9.09. The Hall–Kier alpha value is -2.83. The van der Waals surface area contributed by atoms with Crippen LogP contribution < -0.4 is 10.6 Å². The van der Waals surface area contributed by atoms with Crippen molar-refractivity contribution in [2.45, 2.75) is 69.1 Å². The number of amides is 2. The molecule has 1 aliphatic heterocycles. The molecule has 2 aliphatic rings. The van der Waals surface area contributed by atoms with Gasteiger partial charge < -0.3 is 10.6 Å².